The number of halogens is 1. The molecule has 0 saturated heterocycles. The summed E-state index contributed by atoms with van der Waals surface area (Å²) in [6.45, 7) is 7.19. The lowest BCUT2D eigenvalue weighted by molar-refractivity contribution is 0.112. The van der Waals surface area contributed by atoms with E-state index in [1.165, 1.54) is 0 Å². The largest absolute Gasteiger partial charge is 0.386 e. The second kappa shape index (κ2) is 4.89. The van der Waals surface area contributed by atoms with E-state index < -0.39 is 0 Å². The van der Waals surface area contributed by atoms with Crippen LogP contribution in [0.15, 0.2) is 22.1 Å². The molecule has 0 radical (unpaired) electrons. The number of hydrogen-bond donors (Lipinski definition) is 1. The topological polar surface area (TPSA) is 41.5 Å². The summed E-state index contributed by atoms with van der Waals surface area (Å²) in [5.74, 6) is 0. The van der Waals surface area contributed by atoms with Gasteiger partial charge in [-0.1, -0.05) is 28.6 Å². The normalized spacial score (nSPS) is 9.47. The number of nitrogens with zero attached hydrogens (tertiary/aromatic N) is 1. The number of anilines is 1. The van der Waals surface area contributed by atoms with Crippen LogP contribution in [0, 0.1) is 0 Å². The van der Waals surface area contributed by atoms with Crippen LogP contribution in [-0.2, 0) is 0 Å². The van der Waals surface area contributed by atoms with Gasteiger partial charge in [-0.25, -0.2) is 0 Å². The Morgan fingerprint density at radius 2 is 2.27 bits per heavy atom. The molecule has 0 unspecified atom stereocenters. The van der Waals surface area contributed by atoms with Gasteiger partial charge in [-0.05, 0) is 12.8 Å². The predicted molar refractivity (Wildman–Crippen MR) is 68.4 cm³/mol. The van der Waals surface area contributed by atoms with Crippen LogP contribution >= 0.6 is 15.9 Å². The summed E-state index contributed by atoms with van der Waals surface area (Å²) in [5.41, 5.74) is 2.65. The van der Waals surface area contributed by atoms with Gasteiger partial charge in [0.15, 0.2) is 6.29 Å². The van der Waals surface area contributed by atoms with E-state index in [1.807, 2.05) is 0 Å². The summed E-state index contributed by atoms with van der Waals surface area (Å²) >= 11 is 3.36. The minimum atomic E-state index is 0.539. The Hall–Kier alpha value is -1.42. The number of hydrogen-bond acceptors (Lipinski definition) is 3. The van der Waals surface area contributed by atoms with E-state index in [0.29, 0.717) is 16.9 Å². The fourth-order valence-corrected chi connectivity index (χ4v) is 1.98. The van der Waals surface area contributed by atoms with Gasteiger partial charge >= 0.3 is 0 Å². The third-order valence-corrected chi connectivity index (χ3v) is 2.72. The van der Waals surface area contributed by atoms with Crippen LogP contribution in [0.2, 0.25) is 0 Å². The summed E-state index contributed by atoms with van der Waals surface area (Å²) in [4.78, 5) is 14.8. The second-order valence-corrected chi connectivity index (χ2v) is 3.67. The molecule has 0 amide bonds. The van der Waals surface area contributed by atoms with E-state index >= 15 is 0 Å². The summed E-state index contributed by atoms with van der Waals surface area (Å²) in [7, 11) is 1.73. The highest BCUT2D eigenvalue weighted by Gasteiger charge is 2.12. The number of carbonyl (C=O) groups is 1. The van der Waals surface area contributed by atoms with Crippen molar-refractivity contribution < 1.29 is 4.79 Å². The van der Waals surface area contributed by atoms with E-state index in [2.05, 4.69) is 39.5 Å². The van der Waals surface area contributed by atoms with Crippen molar-refractivity contribution in [2.45, 2.75) is 0 Å². The van der Waals surface area contributed by atoms with Gasteiger partial charge in [0.25, 0.3) is 0 Å². The zero-order valence-electron chi connectivity index (χ0n) is 8.38. The first-order chi connectivity index (χ1) is 7.19. The van der Waals surface area contributed by atoms with Crippen LogP contribution in [-0.4, -0.2) is 20.1 Å². The van der Waals surface area contributed by atoms with Gasteiger partial charge in [0.05, 0.1) is 11.4 Å². The molecule has 78 valence electrons. The molecule has 0 aliphatic carbocycles. The standard InChI is InChI=1S/C11H11BrN2O/c1-4-8-9(12)5-7(6-15)10(13-2)11(8)14-3/h4-6,13H,1,3H2,2H3. The zero-order chi connectivity index (χ0) is 11.4. The van der Waals surface area contributed by atoms with Crippen LogP contribution in [0.1, 0.15) is 15.9 Å². The third kappa shape index (κ3) is 1.99. The van der Waals surface area contributed by atoms with E-state index in [1.54, 1.807) is 19.2 Å². The molecule has 1 N–H and O–H groups in total. The molecule has 1 aromatic carbocycles. The Kier molecular flexibility index (Phi) is 3.80. The molecule has 3 nitrogen and oxygen atoms in total. The van der Waals surface area contributed by atoms with E-state index in [9.17, 15) is 4.79 Å². The monoisotopic (exact) mass is 266 g/mol. The molecule has 0 fully saturated rings. The van der Waals surface area contributed by atoms with Crippen molar-refractivity contribution in [1.29, 1.82) is 0 Å². The molecule has 4 heteroatoms. The molecule has 1 rings (SSSR count). The Morgan fingerprint density at radius 3 is 2.67 bits per heavy atom. The first-order valence-corrected chi connectivity index (χ1v) is 5.07. The highest BCUT2D eigenvalue weighted by Crippen LogP contribution is 2.37. The maximum atomic E-state index is 10.9. The highest BCUT2D eigenvalue weighted by atomic mass is 79.9. The zero-order valence-corrected chi connectivity index (χ0v) is 9.97. The lowest BCUT2D eigenvalue weighted by Crippen LogP contribution is -1.97. The molecule has 0 aliphatic heterocycles. The lowest BCUT2D eigenvalue weighted by Gasteiger charge is -2.12. The maximum absolute atomic E-state index is 10.9. The molecule has 0 bridgehead atoms. The van der Waals surface area contributed by atoms with Crippen molar-refractivity contribution in [3.63, 3.8) is 0 Å². The van der Waals surface area contributed by atoms with Gasteiger partial charge in [0.1, 0.15) is 0 Å². The molecule has 0 spiro atoms. The van der Waals surface area contributed by atoms with Gasteiger partial charge in [-0.15, -0.1) is 0 Å². The van der Waals surface area contributed by atoms with E-state index in [-0.39, 0.29) is 0 Å². The van der Waals surface area contributed by atoms with Crippen molar-refractivity contribution in [1.82, 2.24) is 0 Å². The molecular formula is C11H11BrN2O. The van der Waals surface area contributed by atoms with Gasteiger partial charge in [-0.2, -0.15) is 0 Å². The fraction of sp³-hybridized carbons (Fsp3) is 0.0909. The van der Waals surface area contributed by atoms with Gasteiger partial charge < -0.3 is 5.32 Å². The average Bonchev–Trinajstić information content (AvgIpc) is 2.27. The van der Waals surface area contributed by atoms with Crippen LogP contribution in [0.4, 0.5) is 11.4 Å². The summed E-state index contributed by atoms with van der Waals surface area (Å²) in [5, 5.41) is 2.93. The molecule has 0 heterocycles. The average molecular weight is 267 g/mol. The first kappa shape index (κ1) is 11.7. The van der Waals surface area contributed by atoms with Gasteiger partial charge in [-0.3, -0.25) is 9.79 Å². The summed E-state index contributed by atoms with van der Waals surface area (Å²) in [6.07, 6.45) is 2.45. The Bertz CT molecular complexity index is 427. The second-order valence-electron chi connectivity index (χ2n) is 2.81. The van der Waals surface area contributed by atoms with Crippen LogP contribution in [0.3, 0.4) is 0 Å². The molecule has 0 aliphatic rings. The SMILES string of the molecule is C=Cc1c(Br)cc(C=O)c(NC)c1N=C. The Balaban J connectivity index is 3.65. The van der Waals surface area contributed by atoms with E-state index in [0.717, 1.165) is 16.3 Å². The molecule has 15 heavy (non-hydrogen) atoms. The van der Waals surface area contributed by atoms with Crippen LogP contribution in [0.25, 0.3) is 6.08 Å². The number of aldehydes is 1. The maximum Gasteiger partial charge on any atom is 0.152 e. The van der Waals surface area contributed by atoms with Crippen molar-refractivity contribution >= 4 is 46.4 Å². The van der Waals surface area contributed by atoms with Crippen molar-refractivity contribution in [2.75, 3.05) is 12.4 Å². The number of rotatable bonds is 4. The molecule has 0 aromatic heterocycles. The Labute approximate surface area is 97.0 Å². The molecular weight excluding hydrogens is 256 g/mol. The number of carbonyl (C=O) groups excluding carboxylic acids is 1. The van der Waals surface area contributed by atoms with Crippen molar-refractivity contribution in [3.05, 3.63) is 28.2 Å². The summed E-state index contributed by atoms with van der Waals surface area (Å²) < 4.78 is 0.779. The van der Waals surface area contributed by atoms with E-state index in [4.69, 9.17) is 0 Å². The van der Waals surface area contributed by atoms with Crippen LogP contribution in [0.5, 0.6) is 0 Å². The quantitative estimate of drug-likeness (QED) is 0.671. The lowest BCUT2D eigenvalue weighted by atomic mass is 10.1. The first-order valence-electron chi connectivity index (χ1n) is 4.28. The Morgan fingerprint density at radius 1 is 1.60 bits per heavy atom. The van der Waals surface area contributed by atoms with Crippen LogP contribution < -0.4 is 5.32 Å². The number of nitrogens with one attached hydrogen (secondary N) is 1. The number of aliphatic imine (C=N–C) groups is 1. The van der Waals surface area contributed by atoms with Crippen molar-refractivity contribution in [2.24, 2.45) is 4.99 Å². The van der Waals surface area contributed by atoms with Crippen molar-refractivity contribution in [3.8, 4) is 0 Å². The third-order valence-electron chi connectivity index (χ3n) is 2.06. The fourth-order valence-electron chi connectivity index (χ4n) is 1.39. The summed E-state index contributed by atoms with van der Waals surface area (Å²) in [6, 6.07) is 1.73. The highest BCUT2D eigenvalue weighted by molar-refractivity contribution is 9.10. The smallest absolute Gasteiger partial charge is 0.152 e. The number of benzene rings is 1. The predicted octanol–water partition coefficient (Wildman–Crippen LogP) is 3.28. The minimum Gasteiger partial charge on any atom is -0.386 e. The molecule has 1 aromatic rings. The minimum absolute atomic E-state index is 0.539. The molecule has 0 saturated carbocycles. The molecule has 0 atom stereocenters. The van der Waals surface area contributed by atoms with Gasteiger partial charge in [0.2, 0.25) is 0 Å². The van der Waals surface area contributed by atoms with Gasteiger partial charge in [0, 0.05) is 22.6 Å².